The number of methoxy groups -OCH3 is 1. The van der Waals surface area contributed by atoms with E-state index in [1.165, 1.54) is 0 Å². The maximum absolute atomic E-state index is 12.5. The molecule has 1 atom stereocenters. The van der Waals surface area contributed by atoms with E-state index < -0.39 is 11.9 Å². The number of aryl methyl sites for hydroxylation is 1. The minimum Gasteiger partial charge on any atom is -0.497 e. The highest BCUT2D eigenvalue weighted by molar-refractivity contribution is 6.00. The first kappa shape index (κ1) is 19.6. The van der Waals surface area contributed by atoms with Gasteiger partial charge in [0.1, 0.15) is 17.5 Å². The Morgan fingerprint density at radius 3 is 2.50 bits per heavy atom. The summed E-state index contributed by atoms with van der Waals surface area (Å²) in [5, 5.41) is 2.43. The lowest BCUT2D eigenvalue weighted by Crippen LogP contribution is -2.53. The van der Waals surface area contributed by atoms with Crippen LogP contribution in [0.2, 0.25) is 0 Å². The highest BCUT2D eigenvalue weighted by Gasteiger charge is 2.35. The maximum atomic E-state index is 12.5. The Morgan fingerprint density at radius 1 is 1.07 bits per heavy atom. The van der Waals surface area contributed by atoms with E-state index in [4.69, 9.17) is 4.74 Å². The minimum absolute atomic E-state index is 0.216. The standard InChI is InChI=1S/C23H22N4O3/c1-15-3-7-17(8-4-15)20-11-12-24-21(25-20)19-14-27(23(29)26-22(19)28)13-16-5-9-18(30-2)10-6-16/h3-12,19H,13-14H2,1-2H3,(H,26,28,29)/t19-/m1/s1. The van der Waals surface area contributed by atoms with Crippen LogP contribution in [-0.2, 0) is 11.3 Å². The molecule has 152 valence electrons. The van der Waals surface area contributed by atoms with Crippen LogP contribution in [0.25, 0.3) is 11.3 Å². The molecule has 0 radical (unpaired) electrons. The molecular weight excluding hydrogens is 380 g/mol. The highest BCUT2D eigenvalue weighted by Crippen LogP contribution is 2.23. The van der Waals surface area contributed by atoms with Gasteiger partial charge in [-0.15, -0.1) is 0 Å². The molecule has 4 rings (SSSR count). The summed E-state index contributed by atoms with van der Waals surface area (Å²) in [5.41, 5.74) is 3.79. The van der Waals surface area contributed by atoms with Crippen LogP contribution in [0.3, 0.4) is 0 Å². The van der Waals surface area contributed by atoms with Crippen LogP contribution in [0, 0.1) is 6.92 Å². The summed E-state index contributed by atoms with van der Waals surface area (Å²) >= 11 is 0. The van der Waals surface area contributed by atoms with Crippen LogP contribution in [0.5, 0.6) is 5.75 Å². The minimum atomic E-state index is -0.633. The highest BCUT2D eigenvalue weighted by atomic mass is 16.5. The molecule has 7 nitrogen and oxygen atoms in total. The Kier molecular flexibility index (Phi) is 5.43. The Morgan fingerprint density at radius 2 is 1.80 bits per heavy atom. The number of imide groups is 1. The molecule has 1 fully saturated rings. The van der Waals surface area contributed by atoms with Crippen molar-refractivity contribution >= 4 is 11.9 Å². The molecule has 1 N–H and O–H groups in total. The number of aromatic nitrogens is 2. The molecule has 0 unspecified atom stereocenters. The zero-order chi connectivity index (χ0) is 21.1. The van der Waals surface area contributed by atoms with Crippen molar-refractivity contribution in [2.45, 2.75) is 19.4 Å². The lowest BCUT2D eigenvalue weighted by atomic mass is 10.0. The van der Waals surface area contributed by atoms with Gasteiger partial charge in [0.25, 0.3) is 0 Å². The molecule has 1 aliphatic heterocycles. The first-order chi connectivity index (χ1) is 14.5. The molecule has 30 heavy (non-hydrogen) atoms. The number of carbonyl (C=O) groups is 2. The average Bonchev–Trinajstić information content (AvgIpc) is 2.77. The topological polar surface area (TPSA) is 84.4 Å². The summed E-state index contributed by atoms with van der Waals surface area (Å²) in [6.07, 6.45) is 1.65. The van der Waals surface area contributed by atoms with Gasteiger partial charge in [0, 0.05) is 24.8 Å². The molecule has 1 saturated heterocycles. The van der Waals surface area contributed by atoms with E-state index >= 15 is 0 Å². The largest absolute Gasteiger partial charge is 0.497 e. The predicted molar refractivity (Wildman–Crippen MR) is 112 cm³/mol. The van der Waals surface area contributed by atoms with Gasteiger partial charge in [-0.3, -0.25) is 10.1 Å². The van der Waals surface area contributed by atoms with Crippen molar-refractivity contribution in [3.8, 4) is 17.0 Å². The zero-order valence-electron chi connectivity index (χ0n) is 16.8. The molecule has 7 heteroatoms. The van der Waals surface area contributed by atoms with Crippen LogP contribution in [0.1, 0.15) is 22.9 Å². The van der Waals surface area contributed by atoms with E-state index in [2.05, 4.69) is 15.3 Å². The van der Waals surface area contributed by atoms with Crippen molar-refractivity contribution in [3.63, 3.8) is 0 Å². The van der Waals surface area contributed by atoms with Crippen molar-refractivity contribution in [1.29, 1.82) is 0 Å². The summed E-state index contributed by atoms with van der Waals surface area (Å²) in [5.74, 6) is 0.132. The molecule has 1 aliphatic rings. The maximum Gasteiger partial charge on any atom is 0.324 e. The van der Waals surface area contributed by atoms with Crippen molar-refractivity contribution < 1.29 is 14.3 Å². The second kappa shape index (κ2) is 8.32. The summed E-state index contributed by atoms with van der Waals surface area (Å²) < 4.78 is 5.17. The number of ether oxygens (including phenoxy) is 1. The van der Waals surface area contributed by atoms with Crippen molar-refractivity contribution in [2.24, 2.45) is 0 Å². The predicted octanol–water partition coefficient (Wildman–Crippen LogP) is 3.30. The average molecular weight is 402 g/mol. The monoisotopic (exact) mass is 402 g/mol. The van der Waals surface area contributed by atoms with Crippen molar-refractivity contribution in [1.82, 2.24) is 20.2 Å². The second-order valence-electron chi connectivity index (χ2n) is 7.24. The van der Waals surface area contributed by atoms with Gasteiger partial charge in [-0.25, -0.2) is 14.8 Å². The zero-order valence-corrected chi connectivity index (χ0v) is 16.8. The molecule has 2 aromatic carbocycles. The molecule has 2 heterocycles. The summed E-state index contributed by atoms with van der Waals surface area (Å²) in [6.45, 7) is 2.61. The van der Waals surface area contributed by atoms with E-state index in [0.717, 1.165) is 28.1 Å². The fraction of sp³-hybridized carbons (Fsp3) is 0.217. The summed E-state index contributed by atoms with van der Waals surface area (Å²) in [6, 6.07) is 16.9. The quantitative estimate of drug-likeness (QED) is 0.708. The van der Waals surface area contributed by atoms with Gasteiger partial charge in [0.05, 0.1) is 12.8 Å². The lowest BCUT2D eigenvalue weighted by Gasteiger charge is -2.31. The van der Waals surface area contributed by atoms with Crippen LogP contribution < -0.4 is 10.1 Å². The van der Waals surface area contributed by atoms with Crippen LogP contribution in [0.4, 0.5) is 4.79 Å². The molecule has 0 aliphatic carbocycles. The molecule has 0 saturated carbocycles. The molecule has 3 amide bonds. The Bertz CT molecular complexity index is 1060. The Hall–Kier alpha value is -3.74. The molecule has 3 aromatic rings. The number of amides is 3. The molecule has 0 bridgehead atoms. The Labute approximate surface area is 174 Å². The molecular formula is C23H22N4O3. The molecule has 0 spiro atoms. The van der Waals surface area contributed by atoms with Crippen LogP contribution >= 0.6 is 0 Å². The van der Waals surface area contributed by atoms with E-state index in [9.17, 15) is 9.59 Å². The number of rotatable bonds is 5. The first-order valence-electron chi connectivity index (χ1n) is 9.66. The smallest absolute Gasteiger partial charge is 0.324 e. The number of nitrogens with zero attached hydrogens (tertiary/aromatic N) is 3. The van der Waals surface area contributed by atoms with E-state index in [-0.39, 0.29) is 12.5 Å². The van der Waals surface area contributed by atoms with Crippen LogP contribution in [-0.4, -0.2) is 40.5 Å². The van der Waals surface area contributed by atoms with Gasteiger partial charge in [0.2, 0.25) is 5.91 Å². The van der Waals surface area contributed by atoms with Gasteiger partial charge in [-0.05, 0) is 30.7 Å². The van der Waals surface area contributed by atoms with Crippen molar-refractivity contribution in [3.05, 3.63) is 77.7 Å². The summed E-state index contributed by atoms with van der Waals surface area (Å²) in [7, 11) is 1.61. The van der Waals surface area contributed by atoms with Crippen molar-refractivity contribution in [2.75, 3.05) is 13.7 Å². The second-order valence-corrected chi connectivity index (χ2v) is 7.24. The number of hydrogen-bond donors (Lipinski definition) is 1. The number of nitrogens with one attached hydrogen (secondary N) is 1. The third-order valence-electron chi connectivity index (χ3n) is 5.10. The van der Waals surface area contributed by atoms with Gasteiger partial charge in [-0.2, -0.15) is 0 Å². The molecule has 1 aromatic heterocycles. The van der Waals surface area contributed by atoms with Gasteiger partial charge in [-0.1, -0.05) is 42.0 Å². The van der Waals surface area contributed by atoms with E-state index in [1.54, 1.807) is 18.2 Å². The van der Waals surface area contributed by atoms with Gasteiger partial charge < -0.3 is 9.64 Å². The number of hydrogen-bond acceptors (Lipinski definition) is 5. The normalized spacial score (nSPS) is 16.3. The fourth-order valence-corrected chi connectivity index (χ4v) is 3.37. The third kappa shape index (κ3) is 4.15. The van der Waals surface area contributed by atoms with Crippen LogP contribution in [0.15, 0.2) is 60.8 Å². The number of urea groups is 1. The third-order valence-corrected chi connectivity index (χ3v) is 5.10. The van der Waals surface area contributed by atoms with E-state index in [0.29, 0.717) is 12.4 Å². The first-order valence-corrected chi connectivity index (χ1v) is 9.66. The fourth-order valence-electron chi connectivity index (χ4n) is 3.37. The number of carbonyl (C=O) groups excluding carboxylic acids is 2. The van der Waals surface area contributed by atoms with E-state index in [1.807, 2.05) is 61.5 Å². The Balaban J connectivity index is 1.55. The van der Waals surface area contributed by atoms with Gasteiger partial charge >= 0.3 is 6.03 Å². The lowest BCUT2D eigenvalue weighted by molar-refractivity contribution is -0.123. The van der Waals surface area contributed by atoms with Gasteiger partial charge in [0.15, 0.2) is 0 Å². The SMILES string of the molecule is COc1ccc(CN2C[C@H](c3nccc(-c4ccc(C)cc4)n3)C(=O)NC2=O)cc1. The number of benzene rings is 2. The summed E-state index contributed by atoms with van der Waals surface area (Å²) in [4.78, 5) is 35.4.